The van der Waals surface area contributed by atoms with Crippen LogP contribution in [0, 0.1) is 0 Å². The van der Waals surface area contributed by atoms with Gasteiger partial charge in [-0.3, -0.25) is 4.99 Å². The Labute approximate surface area is 186 Å². The summed E-state index contributed by atoms with van der Waals surface area (Å²) in [4.78, 5) is 7.19. The summed E-state index contributed by atoms with van der Waals surface area (Å²) in [5.74, 6) is 1.89. The average Bonchev–Trinajstić information content (AvgIpc) is 3.20. The molecular formula is C20H37IN4O3. The first-order valence-electron chi connectivity index (χ1n) is 10.2. The second-order valence-electron chi connectivity index (χ2n) is 6.79. The number of hydrogen-bond acceptors (Lipinski definition) is 5. The molecule has 0 spiro atoms. The molecule has 1 saturated heterocycles. The van der Waals surface area contributed by atoms with Crippen LogP contribution >= 0.6 is 24.0 Å². The Morgan fingerprint density at radius 1 is 1.32 bits per heavy atom. The Kier molecular flexibility index (Phi) is 14.4. The molecule has 0 aliphatic carbocycles. The average molecular weight is 508 g/mol. The van der Waals surface area contributed by atoms with Crippen molar-refractivity contribution in [3.63, 3.8) is 0 Å². The summed E-state index contributed by atoms with van der Waals surface area (Å²) < 4.78 is 16.0. The quantitative estimate of drug-likeness (QED) is 0.196. The highest BCUT2D eigenvalue weighted by Gasteiger charge is 2.19. The van der Waals surface area contributed by atoms with E-state index in [0.717, 1.165) is 89.9 Å². The molecule has 8 heteroatoms. The Hall–Kier alpha value is -0.840. The van der Waals surface area contributed by atoms with Gasteiger partial charge in [0.05, 0.1) is 12.9 Å². The predicted molar refractivity (Wildman–Crippen MR) is 124 cm³/mol. The Bertz CT molecular complexity index is 506. The fourth-order valence-electron chi connectivity index (χ4n) is 3.13. The largest absolute Gasteiger partial charge is 0.469 e. The number of nitrogens with one attached hydrogen (secondary N) is 2. The molecule has 1 aliphatic heterocycles. The van der Waals surface area contributed by atoms with E-state index in [4.69, 9.17) is 18.9 Å². The van der Waals surface area contributed by atoms with E-state index in [1.165, 1.54) is 0 Å². The first-order valence-corrected chi connectivity index (χ1v) is 10.2. The van der Waals surface area contributed by atoms with Gasteiger partial charge in [0, 0.05) is 65.5 Å². The van der Waals surface area contributed by atoms with Crippen molar-refractivity contribution in [2.45, 2.75) is 38.6 Å². The minimum atomic E-state index is 0. The number of nitrogens with zero attached hydrogens (tertiary/aromatic N) is 2. The molecule has 0 amide bonds. The number of furan rings is 1. The molecule has 2 heterocycles. The first-order chi connectivity index (χ1) is 13.3. The lowest BCUT2D eigenvalue weighted by atomic mass is 10.1. The lowest BCUT2D eigenvalue weighted by Gasteiger charge is -2.33. The SMILES string of the molecule is CCOCCCN=C(NCCc1ccco1)NC1CCN(CCOC)CC1.I. The Morgan fingerprint density at radius 2 is 2.14 bits per heavy atom. The molecule has 1 aliphatic rings. The molecule has 2 rings (SSSR count). The minimum Gasteiger partial charge on any atom is -0.469 e. The molecule has 1 fully saturated rings. The van der Waals surface area contributed by atoms with Crippen molar-refractivity contribution < 1.29 is 13.9 Å². The van der Waals surface area contributed by atoms with Crippen LogP contribution in [0.1, 0.15) is 31.9 Å². The third-order valence-electron chi connectivity index (χ3n) is 4.70. The summed E-state index contributed by atoms with van der Waals surface area (Å²) in [6.45, 7) is 9.14. The maximum absolute atomic E-state index is 5.40. The van der Waals surface area contributed by atoms with Gasteiger partial charge in [0.1, 0.15) is 5.76 Å². The van der Waals surface area contributed by atoms with Gasteiger partial charge in [0.15, 0.2) is 5.96 Å². The van der Waals surface area contributed by atoms with E-state index in [1.54, 1.807) is 13.4 Å². The highest BCUT2D eigenvalue weighted by atomic mass is 127. The van der Waals surface area contributed by atoms with E-state index in [-0.39, 0.29) is 24.0 Å². The third kappa shape index (κ3) is 10.6. The highest BCUT2D eigenvalue weighted by molar-refractivity contribution is 14.0. The number of likely N-dealkylation sites (tertiary alicyclic amines) is 1. The van der Waals surface area contributed by atoms with E-state index in [9.17, 15) is 0 Å². The maximum Gasteiger partial charge on any atom is 0.191 e. The van der Waals surface area contributed by atoms with Gasteiger partial charge < -0.3 is 29.4 Å². The minimum absolute atomic E-state index is 0. The second kappa shape index (κ2) is 16.0. The monoisotopic (exact) mass is 508 g/mol. The van der Waals surface area contributed by atoms with Gasteiger partial charge in [-0.05, 0) is 38.3 Å². The van der Waals surface area contributed by atoms with Gasteiger partial charge in [-0.2, -0.15) is 0 Å². The van der Waals surface area contributed by atoms with Crippen LogP contribution < -0.4 is 10.6 Å². The van der Waals surface area contributed by atoms with Gasteiger partial charge >= 0.3 is 0 Å². The van der Waals surface area contributed by atoms with E-state index in [2.05, 4.69) is 15.5 Å². The smallest absolute Gasteiger partial charge is 0.191 e. The lowest BCUT2D eigenvalue weighted by molar-refractivity contribution is 0.128. The summed E-state index contributed by atoms with van der Waals surface area (Å²) in [5, 5.41) is 7.06. The molecule has 0 atom stereocenters. The van der Waals surface area contributed by atoms with Gasteiger partial charge in [-0.25, -0.2) is 0 Å². The van der Waals surface area contributed by atoms with Gasteiger partial charge in [-0.1, -0.05) is 0 Å². The van der Waals surface area contributed by atoms with E-state index >= 15 is 0 Å². The standard InChI is InChI=1S/C20H36N4O3.HI/c1-3-26-15-5-10-21-20(22-11-7-19-6-4-16-27-19)23-18-8-12-24(13-9-18)14-17-25-2;/h4,6,16,18H,3,5,7-15,17H2,1-2H3,(H2,21,22,23);1H. The van der Waals surface area contributed by atoms with Crippen molar-refractivity contribution in [2.75, 3.05) is 59.7 Å². The van der Waals surface area contributed by atoms with Crippen LogP contribution in [0.5, 0.6) is 0 Å². The van der Waals surface area contributed by atoms with Crippen molar-refractivity contribution >= 4 is 29.9 Å². The van der Waals surface area contributed by atoms with Gasteiger partial charge in [0.2, 0.25) is 0 Å². The predicted octanol–water partition coefficient (Wildman–Crippen LogP) is 2.51. The van der Waals surface area contributed by atoms with Crippen LogP contribution in [0.3, 0.4) is 0 Å². The fraction of sp³-hybridized carbons (Fsp3) is 0.750. The van der Waals surface area contributed by atoms with Crippen molar-refractivity contribution in [3.8, 4) is 0 Å². The molecule has 0 saturated carbocycles. The number of halogens is 1. The Morgan fingerprint density at radius 3 is 2.82 bits per heavy atom. The van der Waals surface area contributed by atoms with E-state index < -0.39 is 0 Å². The molecule has 0 bridgehead atoms. The summed E-state index contributed by atoms with van der Waals surface area (Å²) in [7, 11) is 1.76. The fourth-order valence-corrected chi connectivity index (χ4v) is 3.13. The summed E-state index contributed by atoms with van der Waals surface area (Å²) in [5.41, 5.74) is 0. The summed E-state index contributed by atoms with van der Waals surface area (Å²) in [6.07, 6.45) is 5.76. The molecule has 162 valence electrons. The molecule has 0 radical (unpaired) electrons. The Balaban J connectivity index is 0.00000392. The van der Waals surface area contributed by atoms with Crippen molar-refractivity contribution in [1.82, 2.24) is 15.5 Å². The number of methoxy groups -OCH3 is 1. The summed E-state index contributed by atoms with van der Waals surface area (Å²) in [6, 6.07) is 4.39. The number of ether oxygens (including phenoxy) is 2. The lowest BCUT2D eigenvalue weighted by Crippen LogP contribution is -2.49. The van der Waals surface area contributed by atoms with Gasteiger partial charge in [-0.15, -0.1) is 24.0 Å². The zero-order valence-electron chi connectivity index (χ0n) is 17.3. The first kappa shape index (κ1) is 25.2. The van der Waals surface area contributed by atoms with Crippen LogP contribution in [0.2, 0.25) is 0 Å². The van der Waals surface area contributed by atoms with Crippen molar-refractivity contribution in [1.29, 1.82) is 0 Å². The van der Waals surface area contributed by atoms with E-state index in [0.29, 0.717) is 6.04 Å². The second-order valence-corrected chi connectivity index (χ2v) is 6.79. The highest BCUT2D eigenvalue weighted by Crippen LogP contribution is 2.10. The molecule has 0 aromatic carbocycles. The number of rotatable bonds is 12. The van der Waals surface area contributed by atoms with Crippen LogP contribution in [0.25, 0.3) is 0 Å². The molecule has 2 N–H and O–H groups in total. The van der Waals surface area contributed by atoms with Crippen LogP contribution in [-0.2, 0) is 15.9 Å². The maximum atomic E-state index is 5.40. The third-order valence-corrected chi connectivity index (χ3v) is 4.70. The molecule has 1 aromatic heterocycles. The van der Waals surface area contributed by atoms with Crippen LogP contribution in [0.15, 0.2) is 27.8 Å². The molecule has 7 nitrogen and oxygen atoms in total. The zero-order chi connectivity index (χ0) is 19.2. The van der Waals surface area contributed by atoms with Crippen LogP contribution in [0.4, 0.5) is 0 Å². The normalized spacial score (nSPS) is 16.0. The molecule has 0 unspecified atom stereocenters. The number of aliphatic imine (C=N–C) groups is 1. The van der Waals surface area contributed by atoms with Crippen molar-refractivity contribution in [2.24, 2.45) is 4.99 Å². The molecule has 1 aromatic rings. The molecular weight excluding hydrogens is 471 g/mol. The van der Waals surface area contributed by atoms with Crippen LogP contribution in [-0.4, -0.2) is 76.6 Å². The number of hydrogen-bond donors (Lipinski definition) is 2. The van der Waals surface area contributed by atoms with Crippen molar-refractivity contribution in [3.05, 3.63) is 24.2 Å². The summed E-state index contributed by atoms with van der Waals surface area (Å²) >= 11 is 0. The zero-order valence-corrected chi connectivity index (χ0v) is 19.7. The van der Waals surface area contributed by atoms with Gasteiger partial charge in [0.25, 0.3) is 0 Å². The number of guanidine groups is 1. The number of piperidine rings is 1. The van der Waals surface area contributed by atoms with E-state index in [1.807, 2.05) is 19.1 Å². The molecule has 28 heavy (non-hydrogen) atoms. The topological polar surface area (TPSA) is 71.3 Å².